The maximum Gasteiger partial charge on any atom is 0.323 e. The molecular weight excluding hydrogens is 428 g/mol. The minimum absolute atomic E-state index is 0.297. The fourth-order valence-corrected chi connectivity index (χ4v) is 4.30. The molecule has 2 unspecified atom stereocenters. The Hall–Kier alpha value is -2.06. The van der Waals surface area contributed by atoms with Crippen LogP contribution in [-0.2, 0) is 9.53 Å². The normalized spacial score (nSPS) is 13.4. The minimum atomic E-state index is -0.995. The third-order valence-corrected chi connectivity index (χ3v) is 5.79. The van der Waals surface area contributed by atoms with Crippen LogP contribution >= 0.6 is 27.3 Å². The van der Waals surface area contributed by atoms with Gasteiger partial charge in [0.05, 0.1) is 6.04 Å². The SMILES string of the molecule is COC(c1nc(Br)cs1)C(NC(c1ccccc1)c1ccccc1)C(=O)O. The number of nitrogens with zero attached hydrogens (tertiary/aromatic N) is 1. The van der Waals surface area contributed by atoms with Crippen LogP contribution in [0.1, 0.15) is 28.3 Å². The van der Waals surface area contributed by atoms with Gasteiger partial charge in [0.25, 0.3) is 0 Å². The predicted molar refractivity (Wildman–Crippen MR) is 109 cm³/mol. The molecule has 0 saturated heterocycles. The van der Waals surface area contributed by atoms with Gasteiger partial charge in [-0.1, -0.05) is 60.7 Å². The Bertz CT molecular complexity index is 834. The predicted octanol–water partition coefficient (Wildman–Crippen LogP) is 4.43. The molecule has 0 aliphatic rings. The lowest BCUT2D eigenvalue weighted by Gasteiger charge is -2.28. The summed E-state index contributed by atoms with van der Waals surface area (Å²) >= 11 is 4.68. The fourth-order valence-electron chi connectivity index (χ4n) is 2.92. The van der Waals surface area contributed by atoms with E-state index in [2.05, 4.69) is 26.2 Å². The number of carbonyl (C=O) groups is 1. The molecule has 2 aromatic carbocycles. The molecule has 27 heavy (non-hydrogen) atoms. The van der Waals surface area contributed by atoms with Gasteiger partial charge in [-0.25, -0.2) is 4.98 Å². The van der Waals surface area contributed by atoms with Gasteiger partial charge in [0.15, 0.2) is 0 Å². The number of halogens is 1. The molecule has 0 fully saturated rings. The summed E-state index contributed by atoms with van der Waals surface area (Å²) in [6.45, 7) is 0. The Morgan fingerprint density at radius 1 is 1.11 bits per heavy atom. The summed E-state index contributed by atoms with van der Waals surface area (Å²) in [7, 11) is 1.50. The van der Waals surface area contributed by atoms with E-state index in [1.165, 1.54) is 18.4 Å². The van der Waals surface area contributed by atoms with E-state index < -0.39 is 18.1 Å². The van der Waals surface area contributed by atoms with Crippen LogP contribution in [0.15, 0.2) is 70.6 Å². The van der Waals surface area contributed by atoms with Crippen LogP contribution in [0.25, 0.3) is 0 Å². The summed E-state index contributed by atoms with van der Waals surface area (Å²) in [6.07, 6.45) is -0.714. The molecular formula is C20H19BrN2O3S. The van der Waals surface area contributed by atoms with Crippen molar-refractivity contribution in [2.24, 2.45) is 0 Å². The Morgan fingerprint density at radius 2 is 1.67 bits per heavy atom. The third-order valence-electron chi connectivity index (χ3n) is 4.17. The Labute approximate surface area is 170 Å². The monoisotopic (exact) mass is 446 g/mol. The Kier molecular flexibility index (Phi) is 6.73. The average molecular weight is 447 g/mol. The highest BCUT2D eigenvalue weighted by Gasteiger charge is 2.34. The zero-order chi connectivity index (χ0) is 19.2. The first kappa shape index (κ1) is 19.7. The highest BCUT2D eigenvalue weighted by atomic mass is 79.9. The molecule has 1 aromatic heterocycles. The second kappa shape index (κ2) is 9.23. The summed E-state index contributed by atoms with van der Waals surface area (Å²) in [5.41, 5.74) is 1.95. The molecule has 0 aliphatic carbocycles. The topological polar surface area (TPSA) is 71.5 Å². The first-order valence-electron chi connectivity index (χ1n) is 8.32. The number of hydrogen-bond acceptors (Lipinski definition) is 5. The number of rotatable bonds is 8. The van der Waals surface area contributed by atoms with Crippen LogP contribution in [0, 0.1) is 0 Å². The van der Waals surface area contributed by atoms with Gasteiger partial charge in [-0.2, -0.15) is 0 Å². The van der Waals surface area contributed by atoms with E-state index in [9.17, 15) is 9.90 Å². The molecule has 7 heteroatoms. The Balaban J connectivity index is 1.97. The molecule has 2 N–H and O–H groups in total. The number of carboxylic acid groups (broad SMARTS) is 1. The molecule has 0 bridgehead atoms. The first-order chi connectivity index (χ1) is 13.1. The number of nitrogens with one attached hydrogen (secondary N) is 1. The number of hydrogen-bond donors (Lipinski definition) is 2. The molecule has 1 heterocycles. The summed E-state index contributed by atoms with van der Waals surface area (Å²) in [5, 5.41) is 15.6. The van der Waals surface area contributed by atoms with Gasteiger partial charge in [-0.3, -0.25) is 10.1 Å². The van der Waals surface area contributed by atoms with Crippen LogP contribution in [-0.4, -0.2) is 29.2 Å². The van der Waals surface area contributed by atoms with Crippen LogP contribution in [0.4, 0.5) is 0 Å². The van der Waals surface area contributed by atoms with Crippen LogP contribution in [0.5, 0.6) is 0 Å². The second-order valence-electron chi connectivity index (χ2n) is 5.90. The standard InChI is InChI=1S/C20H19BrN2O3S/c1-26-18(19-22-15(21)12-27-19)17(20(24)25)23-16(13-8-4-2-5-9-13)14-10-6-3-7-11-14/h2-12,16-18,23H,1H3,(H,24,25). The quantitative estimate of drug-likeness (QED) is 0.535. The van der Waals surface area contributed by atoms with E-state index >= 15 is 0 Å². The van der Waals surface area contributed by atoms with Crippen molar-refractivity contribution in [3.8, 4) is 0 Å². The molecule has 0 radical (unpaired) electrons. The van der Waals surface area contributed by atoms with Gasteiger partial charge in [-0.05, 0) is 27.1 Å². The first-order valence-corrected chi connectivity index (χ1v) is 10.00. The van der Waals surface area contributed by atoms with E-state index in [-0.39, 0.29) is 6.04 Å². The average Bonchev–Trinajstić information content (AvgIpc) is 3.12. The lowest BCUT2D eigenvalue weighted by molar-refractivity contribution is -0.143. The van der Waals surface area contributed by atoms with E-state index in [4.69, 9.17) is 4.74 Å². The molecule has 3 rings (SSSR count). The van der Waals surface area contributed by atoms with Crippen molar-refractivity contribution in [1.82, 2.24) is 10.3 Å². The number of carboxylic acids is 1. The number of aromatic nitrogens is 1. The van der Waals surface area contributed by atoms with Crippen molar-refractivity contribution in [2.45, 2.75) is 18.2 Å². The molecule has 140 valence electrons. The number of thiazole rings is 1. The number of aliphatic carboxylic acids is 1. The van der Waals surface area contributed by atoms with Crippen molar-refractivity contribution in [1.29, 1.82) is 0 Å². The molecule has 0 amide bonds. The summed E-state index contributed by atoms with van der Waals surface area (Å²) in [6, 6.07) is 18.3. The number of benzene rings is 2. The van der Waals surface area contributed by atoms with Gasteiger partial charge < -0.3 is 9.84 Å². The van der Waals surface area contributed by atoms with Crippen molar-refractivity contribution in [3.63, 3.8) is 0 Å². The van der Waals surface area contributed by atoms with E-state index in [0.29, 0.717) is 9.61 Å². The smallest absolute Gasteiger partial charge is 0.323 e. The van der Waals surface area contributed by atoms with Crippen molar-refractivity contribution < 1.29 is 14.6 Å². The van der Waals surface area contributed by atoms with Crippen LogP contribution in [0.2, 0.25) is 0 Å². The highest BCUT2D eigenvalue weighted by molar-refractivity contribution is 9.10. The zero-order valence-corrected chi connectivity index (χ0v) is 17.0. The molecule has 0 aliphatic heterocycles. The maximum atomic E-state index is 12.1. The fraction of sp³-hybridized carbons (Fsp3) is 0.200. The van der Waals surface area contributed by atoms with Crippen molar-refractivity contribution in [2.75, 3.05) is 7.11 Å². The summed E-state index contributed by atoms with van der Waals surface area (Å²) in [4.78, 5) is 16.4. The van der Waals surface area contributed by atoms with Crippen molar-refractivity contribution >= 4 is 33.2 Å². The minimum Gasteiger partial charge on any atom is -0.480 e. The van der Waals surface area contributed by atoms with E-state index in [1.54, 1.807) is 0 Å². The number of ether oxygens (including phenoxy) is 1. The van der Waals surface area contributed by atoms with Gasteiger partial charge in [0.1, 0.15) is 21.8 Å². The number of methoxy groups -OCH3 is 1. The summed E-state index contributed by atoms with van der Waals surface area (Å²) in [5.74, 6) is -0.995. The zero-order valence-electron chi connectivity index (χ0n) is 14.6. The van der Waals surface area contributed by atoms with Gasteiger partial charge >= 0.3 is 5.97 Å². The van der Waals surface area contributed by atoms with Crippen LogP contribution in [0.3, 0.4) is 0 Å². The van der Waals surface area contributed by atoms with Gasteiger partial charge in [0.2, 0.25) is 0 Å². The lowest BCUT2D eigenvalue weighted by Crippen LogP contribution is -2.44. The van der Waals surface area contributed by atoms with Gasteiger partial charge in [-0.15, -0.1) is 11.3 Å². The molecule has 0 saturated carbocycles. The van der Waals surface area contributed by atoms with Crippen molar-refractivity contribution in [3.05, 3.63) is 86.8 Å². The van der Waals surface area contributed by atoms with Gasteiger partial charge in [0, 0.05) is 12.5 Å². The molecule has 3 aromatic rings. The van der Waals surface area contributed by atoms with Crippen LogP contribution < -0.4 is 5.32 Å². The Morgan fingerprint density at radius 3 is 2.07 bits per heavy atom. The highest BCUT2D eigenvalue weighted by Crippen LogP contribution is 2.30. The molecule has 0 spiro atoms. The largest absolute Gasteiger partial charge is 0.480 e. The summed E-state index contributed by atoms with van der Waals surface area (Å²) < 4.78 is 6.19. The van der Waals surface area contributed by atoms with E-state index in [1.807, 2.05) is 66.0 Å². The lowest BCUT2D eigenvalue weighted by atomic mass is 9.97. The third kappa shape index (κ3) is 4.81. The molecule has 5 nitrogen and oxygen atoms in total. The molecule has 2 atom stereocenters. The second-order valence-corrected chi connectivity index (χ2v) is 7.60. The van der Waals surface area contributed by atoms with E-state index in [0.717, 1.165) is 11.1 Å². The maximum absolute atomic E-state index is 12.1.